The fourth-order valence-corrected chi connectivity index (χ4v) is 3.20. The Labute approximate surface area is 122 Å². The number of nitrogens with one attached hydrogen (secondary N) is 1. The number of hydrogen-bond donors (Lipinski definition) is 1. The van der Waals surface area contributed by atoms with Crippen LogP contribution in [0.3, 0.4) is 0 Å². The summed E-state index contributed by atoms with van der Waals surface area (Å²) < 4.78 is 0. The van der Waals surface area contributed by atoms with Crippen molar-refractivity contribution >= 4 is 0 Å². The van der Waals surface area contributed by atoms with Crippen molar-refractivity contribution in [2.24, 2.45) is 0 Å². The van der Waals surface area contributed by atoms with Gasteiger partial charge in [-0.1, -0.05) is 43.2 Å². The molecule has 0 heterocycles. The lowest BCUT2D eigenvalue weighted by Gasteiger charge is -2.40. The van der Waals surface area contributed by atoms with Gasteiger partial charge in [0.05, 0.1) is 6.07 Å². The maximum atomic E-state index is 9.81. The number of nitriles is 1. The molecule has 0 aliphatic heterocycles. The molecule has 3 nitrogen and oxygen atoms in total. The summed E-state index contributed by atoms with van der Waals surface area (Å²) in [7, 11) is 4.13. The molecule has 0 aromatic heterocycles. The lowest BCUT2D eigenvalue weighted by atomic mass is 9.70. The number of likely N-dealkylation sites (N-methyl/N-ethyl adjacent to an activating group) is 1. The van der Waals surface area contributed by atoms with Crippen molar-refractivity contribution < 1.29 is 0 Å². The van der Waals surface area contributed by atoms with Crippen molar-refractivity contribution in [1.82, 2.24) is 10.2 Å². The predicted molar refractivity (Wildman–Crippen MR) is 82.6 cm³/mol. The summed E-state index contributed by atoms with van der Waals surface area (Å²) in [5.74, 6) is 0.310. The topological polar surface area (TPSA) is 39.1 Å². The van der Waals surface area contributed by atoms with Crippen molar-refractivity contribution in [3.05, 3.63) is 35.9 Å². The first-order valence-electron chi connectivity index (χ1n) is 7.54. The van der Waals surface area contributed by atoms with E-state index in [1.807, 2.05) is 6.07 Å². The third kappa shape index (κ3) is 3.39. The van der Waals surface area contributed by atoms with Gasteiger partial charge in [0.15, 0.2) is 0 Å². The molecule has 1 N–H and O–H groups in total. The monoisotopic (exact) mass is 271 g/mol. The molecule has 2 atom stereocenters. The molecule has 1 aliphatic rings. The second-order valence-corrected chi connectivity index (χ2v) is 6.02. The van der Waals surface area contributed by atoms with Gasteiger partial charge in [0.25, 0.3) is 0 Å². The van der Waals surface area contributed by atoms with E-state index in [1.165, 1.54) is 12.0 Å². The molecule has 20 heavy (non-hydrogen) atoms. The van der Waals surface area contributed by atoms with Crippen LogP contribution in [0.5, 0.6) is 0 Å². The average molecular weight is 271 g/mol. The lowest BCUT2D eigenvalue weighted by Crippen LogP contribution is -2.52. The van der Waals surface area contributed by atoms with E-state index in [1.54, 1.807) is 0 Å². The van der Waals surface area contributed by atoms with Crippen LogP contribution in [0.15, 0.2) is 30.3 Å². The number of rotatable bonds is 5. The Bertz CT molecular complexity index is 449. The first-order valence-corrected chi connectivity index (χ1v) is 7.54. The molecule has 2 rings (SSSR count). The Morgan fingerprint density at radius 2 is 2.05 bits per heavy atom. The van der Waals surface area contributed by atoms with E-state index in [4.69, 9.17) is 0 Å². The van der Waals surface area contributed by atoms with Crippen LogP contribution in [0.4, 0.5) is 0 Å². The van der Waals surface area contributed by atoms with Crippen molar-refractivity contribution in [3.63, 3.8) is 0 Å². The highest BCUT2D eigenvalue weighted by molar-refractivity contribution is 5.30. The van der Waals surface area contributed by atoms with Gasteiger partial charge < -0.3 is 4.90 Å². The molecule has 0 radical (unpaired) electrons. The quantitative estimate of drug-likeness (QED) is 0.895. The molecule has 1 aromatic carbocycles. The minimum atomic E-state index is -0.393. The standard InChI is InChI=1S/C17H25N3/c1-20(2)13-12-19-17(14-18)11-7-6-10-16(17)15-8-4-3-5-9-15/h3-5,8-9,16,19H,6-7,10-13H2,1-2H3. The molecule has 3 heteroatoms. The Morgan fingerprint density at radius 3 is 2.70 bits per heavy atom. The molecule has 0 saturated heterocycles. The number of benzene rings is 1. The third-order valence-electron chi connectivity index (χ3n) is 4.31. The van der Waals surface area contributed by atoms with Gasteiger partial charge in [-0.25, -0.2) is 0 Å². The highest BCUT2D eigenvalue weighted by Gasteiger charge is 2.41. The molecule has 1 saturated carbocycles. The lowest BCUT2D eigenvalue weighted by molar-refractivity contribution is 0.246. The second kappa shape index (κ2) is 6.88. The summed E-state index contributed by atoms with van der Waals surface area (Å²) in [4.78, 5) is 2.15. The summed E-state index contributed by atoms with van der Waals surface area (Å²) in [6, 6.07) is 13.1. The molecule has 1 aromatic rings. The Balaban J connectivity index is 2.16. The van der Waals surface area contributed by atoms with Crippen LogP contribution in [-0.4, -0.2) is 37.6 Å². The normalized spacial score (nSPS) is 26.4. The van der Waals surface area contributed by atoms with Crippen LogP contribution in [0.1, 0.15) is 37.2 Å². The molecule has 0 amide bonds. The van der Waals surface area contributed by atoms with Gasteiger partial charge >= 0.3 is 0 Å². The zero-order chi connectivity index (χ0) is 14.4. The van der Waals surface area contributed by atoms with Gasteiger partial charge in [-0.05, 0) is 32.5 Å². The van der Waals surface area contributed by atoms with Crippen LogP contribution in [0.2, 0.25) is 0 Å². The van der Waals surface area contributed by atoms with E-state index in [2.05, 4.69) is 54.6 Å². The molecule has 1 fully saturated rings. The Morgan fingerprint density at radius 1 is 1.30 bits per heavy atom. The molecule has 0 spiro atoms. The van der Waals surface area contributed by atoms with Crippen LogP contribution in [0.25, 0.3) is 0 Å². The fourth-order valence-electron chi connectivity index (χ4n) is 3.20. The SMILES string of the molecule is CN(C)CCNC1(C#N)CCCCC1c1ccccc1. The molecule has 1 aliphatic carbocycles. The second-order valence-electron chi connectivity index (χ2n) is 6.02. The van der Waals surface area contributed by atoms with Crippen molar-refractivity contribution in [3.8, 4) is 6.07 Å². The predicted octanol–water partition coefficient (Wildman–Crippen LogP) is 2.76. The van der Waals surface area contributed by atoms with E-state index >= 15 is 0 Å². The smallest absolute Gasteiger partial charge is 0.113 e. The summed E-state index contributed by atoms with van der Waals surface area (Å²) >= 11 is 0. The Kier molecular flexibility index (Phi) is 5.17. The highest BCUT2D eigenvalue weighted by Crippen LogP contribution is 2.40. The number of hydrogen-bond acceptors (Lipinski definition) is 3. The van der Waals surface area contributed by atoms with Gasteiger partial charge in [0.1, 0.15) is 5.54 Å². The minimum absolute atomic E-state index is 0.310. The van der Waals surface area contributed by atoms with Crippen LogP contribution in [-0.2, 0) is 0 Å². The van der Waals surface area contributed by atoms with Gasteiger partial charge in [0.2, 0.25) is 0 Å². The van der Waals surface area contributed by atoms with Gasteiger partial charge in [-0.15, -0.1) is 0 Å². The van der Waals surface area contributed by atoms with Crippen molar-refractivity contribution in [1.29, 1.82) is 5.26 Å². The largest absolute Gasteiger partial charge is 0.308 e. The molecular formula is C17H25N3. The van der Waals surface area contributed by atoms with Crippen molar-refractivity contribution in [2.75, 3.05) is 27.2 Å². The first-order chi connectivity index (χ1) is 9.68. The highest BCUT2D eigenvalue weighted by atomic mass is 15.1. The summed E-state index contributed by atoms with van der Waals surface area (Å²) in [6.45, 7) is 1.83. The van der Waals surface area contributed by atoms with Crippen LogP contribution >= 0.6 is 0 Å². The van der Waals surface area contributed by atoms with Crippen LogP contribution in [0, 0.1) is 11.3 Å². The van der Waals surface area contributed by atoms with Gasteiger partial charge in [-0.3, -0.25) is 5.32 Å². The van der Waals surface area contributed by atoms with E-state index < -0.39 is 5.54 Å². The zero-order valence-corrected chi connectivity index (χ0v) is 12.6. The van der Waals surface area contributed by atoms with E-state index in [0.29, 0.717) is 5.92 Å². The summed E-state index contributed by atoms with van der Waals surface area (Å²) in [5.41, 5.74) is 0.904. The van der Waals surface area contributed by atoms with E-state index in [0.717, 1.165) is 32.4 Å². The maximum Gasteiger partial charge on any atom is 0.113 e. The third-order valence-corrected chi connectivity index (χ3v) is 4.31. The molecule has 108 valence electrons. The van der Waals surface area contributed by atoms with E-state index in [-0.39, 0.29) is 0 Å². The average Bonchev–Trinajstić information content (AvgIpc) is 2.48. The fraction of sp³-hybridized carbons (Fsp3) is 0.588. The molecule has 2 unspecified atom stereocenters. The number of nitrogens with zero attached hydrogens (tertiary/aromatic N) is 2. The molecular weight excluding hydrogens is 246 g/mol. The van der Waals surface area contributed by atoms with E-state index in [9.17, 15) is 5.26 Å². The maximum absolute atomic E-state index is 9.81. The first kappa shape index (κ1) is 15.0. The zero-order valence-electron chi connectivity index (χ0n) is 12.6. The Hall–Kier alpha value is -1.37. The minimum Gasteiger partial charge on any atom is -0.308 e. The van der Waals surface area contributed by atoms with Crippen LogP contribution < -0.4 is 5.32 Å². The summed E-state index contributed by atoms with van der Waals surface area (Å²) in [5, 5.41) is 13.4. The van der Waals surface area contributed by atoms with Crippen molar-refractivity contribution in [2.45, 2.75) is 37.1 Å². The van der Waals surface area contributed by atoms with Gasteiger partial charge in [0, 0.05) is 19.0 Å². The van der Waals surface area contributed by atoms with Gasteiger partial charge in [-0.2, -0.15) is 5.26 Å². The molecule has 0 bridgehead atoms. The summed E-state index contributed by atoms with van der Waals surface area (Å²) in [6.07, 6.45) is 4.42.